The highest BCUT2D eigenvalue weighted by molar-refractivity contribution is 14.0. The van der Waals surface area contributed by atoms with Crippen molar-refractivity contribution in [1.82, 2.24) is 15.2 Å². The number of furan rings is 1. The molecule has 0 aliphatic heterocycles. The fourth-order valence-corrected chi connectivity index (χ4v) is 3.61. The van der Waals surface area contributed by atoms with E-state index < -0.39 is 0 Å². The number of hydrogen-bond acceptors (Lipinski definition) is 3. The molecule has 2 N–H and O–H groups in total. The predicted octanol–water partition coefficient (Wildman–Crippen LogP) is 4.82. The zero-order valence-corrected chi connectivity index (χ0v) is 21.2. The molecule has 4 aromatic rings. The molecule has 0 saturated heterocycles. The van der Waals surface area contributed by atoms with E-state index in [1.165, 1.54) is 0 Å². The largest absolute Gasteiger partial charge is 0.459 e. The minimum Gasteiger partial charge on any atom is -0.459 e. The monoisotopic (exact) mass is 556 g/mol. The van der Waals surface area contributed by atoms with Crippen LogP contribution in [0.25, 0.3) is 11.0 Å². The van der Waals surface area contributed by atoms with Crippen molar-refractivity contribution in [3.05, 3.63) is 106 Å². The molecule has 7 heteroatoms. The molecule has 2 aromatic heterocycles. The first-order valence-corrected chi connectivity index (χ1v) is 10.9. The van der Waals surface area contributed by atoms with E-state index in [9.17, 15) is 4.79 Å². The summed E-state index contributed by atoms with van der Waals surface area (Å²) in [5, 5.41) is 7.79. The zero-order chi connectivity index (χ0) is 22.3. The van der Waals surface area contributed by atoms with Gasteiger partial charge < -0.3 is 19.6 Å². The van der Waals surface area contributed by atoms with Gasteiger partial charge >= 0.3 is 0 Å². The van der Waals surface area contributed by atoms with Crippen LogP contribution >= 0.6 is 24.0 Å². The Bertz CT molecular complexity index is 1280. The number of aryl methyl sites for hydroxylation is 1. The van der Waals surface area contributed by atoms with Gasteiger partial charge in [0.2, 0.25) is 0 Å². The lowest BCUT2D eigenvalue weighted by Gasteiger charge is -2.11. The van der Waals surface area contributed by atoms with E-state index in [1.807, 2.05) is 43.3 Å². The highest BCUT2D eigenvalue weighted by Gasteiger charge is 2.10. The predicted molar refractivity (Wildman–Crippen MR) is 144 cm³/mol. The fraction of sp³-hybridized carbons (Fsp3) is 0.231. The minimum absolute atomic E-state index is 0. The number of pyridine rings is 1. The molecule has 172 valence electrons. The van der Waals surface area contributed by atoms with Gasteiger partial charge in [0.15, 0.2) is 5.96 Å². The van der Waals surface area contributed by atoms with Gasteiger partial charge in [-0.05, 0) is 37.1 Å². The Kier molecular flexibility index (Phi) is 8.71. The van der Waals surface area contributed by atoms with Crippen LogP contribution in [0.3, 0.4) is 0 Å². The second-order valence-electron chi connectivity index (χ2n) is 7.68. The highest BCUT2D eigenvalue weighted by atomic mass is 127. The van der Waals surface area contributed by atoms with Crippen LogP contribution in [0.15, 0.2) is 87.1 Å². The van der Waals surface area contributed by atoms with E-state index in [0.717, 1.165) is 45.9 Å². The lowest BCUT2D eigenvalue weighted by molar-refractivity contribution is 0.534. The fourth-order valence-electron chi connectivity index (χ4n) is 3.61. The van der Waals surface area contributed by atoms with Crippen LogP contribution in [-0.2, 0) is 19.6 Å². The molecule has 2 heterocycles. The normalized spacial score (nSPS) is 11.3. The number of rotatable bonds is 7. The van der Waals surface area contributed by atoms with Crippen LogP contribution in [-0.4, -0.2) is 17.1 Å². The molecule has 0 amide bonds. The quantitative estimate of drug-likeness (QED) is 0.195. The molecule has 0 spiro atoms. The summed E-state index contributed by atoms with van der Waals surface area (Å²) in [6.45, 7) is 6.58. The van der Waals surface area contributed by atoms with Gasteiger partial charge in [-0.25, -0.2) is 4.99 Å². The molecule has 2 aromatic carbocycles. The van der Waals surface area contributed by atoms with E-state index in [1.54, 1.807) is 22.9 Å². The second kappa shape index (κ2) is 11.7. The first-order chi connectivity index (χ1) is 15.6. The number of para-hydroxylation sites is 1. The number of aliphatic imine (C=N–C) groups is 1. The molecular formula is C26H29IN4O2. The van der Waals surface area contributed by atoms with Crippen molar-refractivity contribution in [3.63, 3.8) is 0 Å². The molecule has 0 aliphatic carbocycles. The molecule has 0 fully saturated rings. The molecule has 0 unspecified atom stereocenters. The van der Waals surface area contributed by atoms with Crippen molar-refractivity contribution in [1.29, 1.82) is 0 Å². The van der Waals surface area contributed by atoms with Gasteiger partial charge in [-0.2, -0.15) is 0 Å². The zero-order valence-electron chi connectivity index (χ0n) is 18.9. The number of nitrogens with zero attached hydrogens (tertiary/aromatic N) is 2. The lowest BCUT2D eigenvalue weighted by atomic mass is 10.1. The third-order valence-corrected chi connectivity index (χ3v) is 5.40. The van der Waals surface area contributed by atoms with Gasteiger partial charge in [-0.3, -0.25) is 4.79 Å². The summed E-state index contributed by atoms with van der Waals surface area (Å²) in [5.41, 5.74) is 4.24. The third-order valence-electron chi connectivity index (χ3n) is 5.40. The van der Waals surface area contributed by atoms with E-state index in [0.29, 0.717) is 19.6 Å². The van der Waals surface area contributed by atoms with Gasteiger partial charge in [0.1, 0.15) is 11.3 Å². The molecule has 6 nitrogen and oxygen atoms in total. The van der Waals surface area contributed by atoms with Gasteiger partial charge in [-0.15, -0.1) is 24.0 Å². The Morgan fingerprint density at radius 3 is 2.42 bits per heavy atom. The smallest absolute Gasteiger partial charge is 0.250 e. The number of aromatic nitrogens is 1. The van der Waals surface area contributed by atoms with Gasteiger partial charge in [0, 0.05) is 29.8 Å². The summed E-state index contributed by atoms with van der Waals surface area (Å²) in [6, 6.07) is 21.5. The Hall–Kier alpha value is -3.07. The lowest BCUT2D eigenvalue weighted by Crippen LogP contribution is -2.36. The molecular weight excluding hydrogens is 527 g/mol. The van der Waals surface area contributed by atoms with Gasteiger partial charge in [-0.1, -0.05) is 48.5 Å². The Morgan fingerprint density at radius 2 is 1.70 bits per heavy atom. The molecule has 0 aliphatic rings. The van der Waals surface area contributed by atoms with Crippen molar-refractivity contribution in [2.45, 2.75) is 33.5 Å². The van der Waals surface area contributed by atoms with Crippen molar-refractivity contribution in [2.75, 3.05) is 6.54 Å². The molecule has 0 bridgehead atoms. The van der Waals surface area contributed by atoms with E-state index >= 15 is 0 Å². The van der Waals surface area contributed by atoms with Crippen molar-refractivity contribution >= 4 is 40.9 Å². The standard InChI is InChI=1S/C26H28N4O2.HI/c1-3-27-26(29-17-24-19(2)22-8-4-5-9-23(22)32-24)28-16-20-11-13-21(14-12-20)18-30-15-7-6-10-25(30)31;/h4-15H,3,16-18H2,1-2H3,(H2,27,28,29);1H. The maximum absolute atomic E-state index is 11.9. The number of benzene rings is 2. The topological polar surface area (TPSA) is 71.6 Å². The number of fused-ring (bicyclic) bond motifs is 1. The van der Waals surface area contributed by atoms with Crippen LogP contribution in [0.5, 0.6) is 0 Å². The Balaban J connectivity index is 0.00000306. The van der Waals surface area contributed by atoms with Crippen LogP contribution in [0.1, 0.15) is 29.4 Å². The Morgan fingerprint density at radius 1 is 0.970 bits per heavy atom. The summed E-state index contributed by atoms with van der Waals surface area (Å²) in [6.07, 6.45) is 1.80. The first kappa shape index (κ1) is 24.6. The average molecular weight is 556 g/mol. The first-order valence-electron chi connectivity index (χ1n) is 10.9. The van der Waals surface area contributed by atoms with Crippen molar-refractivity contribution in [2.24, 2.45) is 4.99 Å². The summed E-state index contributed by atoms with van der Waals surface area (Å²) < 4.78 is 7.69. The number of guanidine groups is 1. The van der Waals surface area contributed by atoms with E-state index in [-0.39, 0.29) is 29.5 Å². The van der Waals surface area contributed by atoms with Gasteiger partial charge in [0.25, 0.3) is 5.56 Å². The number of hydrogen-bond donors (Lipinski definition) is 2. The summed E-state index contributed by atoms with van der Waals surface area (Å²) in [5.74, 6) is 1.66. The van der Waals surface area contributed by atoms with Crippen molar-refractivity contribution < 1.29 is 4.42 Å². The van der Waals surface area contributed by atoms with Crippen LogP contribution in [0.2, 0.25) is 0 Å². The molecule has 0 atom stereocenters. The summed E-state index contributed by atoms with van der Waals surface area (Å²) >= 11 is 0. The van der Waals surface area contributed by atoms with Crippen LogP contribution < -0.4 is 16.2 Å². The molecule has 33 heavy (non-hydrogen) atoms. The number of nitrogens with one attached hydrogen (secondary N) is 2. The van der Waals surface area contributed by atoms with Gasteiger partial charge in [0.05, 0.1) is 19.6 Å². The summed E-state index contributed by atoms with van der Waals surface area (Å²) in [7, 11) is 0. The molecule has 4 rings (SSSR count). The minimum atomic E-state index is 0. The third kappa shape index (κ3) is 6.25. The molecule has 0 radical (unpaired) electrons. The highest BCUT2D eigenvalue weighted by Crippen LogP contribution is 2.24. The molecule has 0 saturated carbocycles. The maximum atomic E-state index is 11.9. The number of halogens is 1. The van der Waals surface area contributed by atoms with Crippen LogP contribution in [0.4, 0.5) is 0 Å². The van der Waals surface area contributed by atoms with E-state index in [4.69, 9.17) is 9.41 Å². The summed E-state index contributed by atoms with van der Waals surface area (Å²) in [4.78, 5) is 16.6. The Labute approximate surface area is 210 Å². The SMILES string of the molecule is CCNC(=NCc1ccc(Cn2ccccc2=O)cc1)NCc1oc2ccccc2c1C.I. The van der Waals surface area contributed by atoms with E-state index in [2.05, 4.69) is 35.8 Å². The van der Waals surface area contributed by atoms with Crippen molar-refractivity contribution in [3.8, 4) is 0 Å². The van der Waals surface area contributed by atoms with Crippen LogP contribution in [0, 0.1) is 6.92 Å². The second-order valence-corrected chi connectivity index (χ2v) is 7.68. The average Bonchev–Trinajstić information content (AvgIpc) is 3.14. The maximum Gasteiger partial charge on any atom is 0.250 e.